The summed E-state index contributed by atoms with van der Waals surface area (Å²) < 4.78 is 0.592. The molecule has 158 valence electrons. The number of unbranched alkanes of at least 4 members (excludes halogenated alkanes) is 13. The van der Waals surface area contributed by atoms with Gasteiger partial charge < -0.3 is 10.4 Å². The number of rotatable bonds is 17. The van der Waals surface area contributed by atoms with Crippen LogP contribution in [0.2, 0.25) is 0 Å². The van der Waals surface area contributed by atoms with Crippen molar-refractivity contribution in [3.63, 3.8) is 0 Å². The summed E-state index contributed by atoms with van der Waals surface area (Å²) in [5.41, 5.74) is 0. The zero-order valence-corrected chi connectivity index (χ0v) is 18.5. The van der Waals surface area contributed by atoms with Gasteiger partial charge in [0.2, 0.25) is 0 Å². The van der Waals surface area contributed by atoms with E-state index in [1.54, 1.807) is 0 Å². The number of nitrogens with one attached hydrogen (secondary N) is 1. The van der Waals surface area contributed by atoms with Crippen LogP contribution >= 0.6 is 0 Å². The summed E-state index contributed by atoms with van der Waals surface area (Å²) in [4.78, 5) is 0. The molecule has 0 bridgehead atoms. The standard InChI is InChI=1S/C24H47N2O/c1-4-6-7-8-9-10-11-12-13-14-15-16-17-18-19-20-24-25-21-22-26(24,5-2)23(3)27/h19-25,27H,4-18H2,1-3H3/q+1/b20-19+. The van der Waals surface area contributed by atoms with Crippen molar-refractivity contribution in [2.45, 2.75) is 123 Å². The van der Waals surface area contributed by atoms with Crippen molar-refractivity contribution in [1.29, 1.82) is 0 Å². The Balaban J connectivity index is 1.95. The second-order valence-corrected chi connectivity index (χ2v) is 8.33. The molecule has 0 amide bonds. The Morgan fingerprint density at radius 2 is 1.41 bits per heavy atom. The maximum absolute atomic E-state index is 10.1. The average molecular weight is 380 g/mol. The smallest absolute Gasteiger partial charge is 0.193 e. The van der Waals surface area contributed by atoms with Crippen LogP contribution in [0.15, 0.2) is 24.6 Å². The Labute approximate surface area is 169 Å². The van der Waals surface area contributed by atoms with Crippen LogP contribution in [-0.2, 0) is 0 Å². The third-order valence-corrected chi connectivity index (χ3v) is 6.17. The number of allylic oxidation sites excluding steroid dienone is 1. The lowest BCUT2D eigenvalue weighted by molar-refractivity contribution is -0.935. The zero-order valence-electron chi connectivity index (χ0n) is 18.5. The van der Waals surface area contributed by atoms with Crippen molar-refractivity contribution < 1.29 is 9.59 Å². The van der Waals surface area contributed by atoms with Crippen LogP contribution in [-0.4, -0.2) is 28.5 Å². The zero-order chi connectivity index (χ0) is 19.8. The Bertz CT molecular complexity index is 405. The minimum absolute atomic E-state index is 0.178. The second kappa shape index (κ2) is 15.2. The molecule has 0 aliphatic carbocycles. The minimum Gasteiger partial charge on any atom is -0.345 e. The fourth-order valence-electron chi connectivity index (χ4n) is 4.16. The minimum atomic E-state index is -0.382. The molecule has 0 spiro atoms. The molecular weight excluding hydrogens is 332 g/mol. The summed E-state index contributed by atoms with van der Waals surface area (Å²) in [6.07, 6.45) is 27.9. The molecule has 0 saturated heterocycles. The van der Waals surface area contributed by atoms with Crippen LogP contribution in [0.4, 0.5) is 0 Å². The number of hydrogen-bond donors (Lipinski definition) is 2. The van der Waals surface area contributed by atoms with E-state index in [9.17, 15) is 5.11 Å². The van der Waals surface area contributed by atoms with Gasteiger partial charge in [0.05, 0.1) is 12.7 Å². The van der Waals surface area contributed by atoms with Gasteiger partial charge in [-0.2, -0.15) is 0 Å². The lowest BCUT2D eigenvalue weighted by Crippen LogP contribution is -2.56. The van der Waals surface area contributed by atoms with E-state index in [2.05, 4.69) is 37.5 Å². The Hall–Kier alpha value is -0.800. The van der Waals surface area contributed by atoms with Gasteiger partial charge in [0.25, 0.3) is 0 Å². The molecule has 3 nitrogen and oxygen atoms in total. The van der Waals surface area contributed by atoms with Crippen LogP contribution < -0.4 is 5.32 Å². The van der Waals surface area contributed by atoms with E-state index in [1.165, 1.54) is 83.5 Å². The quantitative estimate of drug-likeness (QED) is 0.169. The van der Waals surface area contributed by atoms with Crippen molar-refractivity contribution in [1.82, 2.24) is 5.32 Å². The monoisotopic (exact) mass is 379 g/mol. The maximum atomic E-state index is 10.1. The van der Waals surface area contributed by atoms with Crippen LogP contribution in [0.25, 0.3) is 0 Å². The van der Waals surface area contributed by atoms with Crippen LogP contribution in [0.3, 0.4) is 0 Å². The molecule has 3 atom stereocenters. The Morgan fingerprint density at radius 3 is 1.89 bits per heavy atom. The summed E-state index contributed by atoms with van der Waals surface area (Å²) in [6, 6.07) is 0. The summed E-state index contributed by atoms with van der Waals surface area (Å²) in [5, 5.41) is 13.5. The molecule has 1 aliphatic heterocycles. The summed E-state index contributed by atoms with van der Waals surface area (Å²) in [6.45, 7) is 7.20. The molecule has 1 heterocycles. The number of quaternary nitrogens is 1. The van der Waals surface area contributed by atoms with E-state index in [0.717, 1.165) is 13.0 Å². The molecule has 3 unspecified atom stereocenters. The predicted octanol–water partition coefficient (Wildman–Crippen LogP) is 6.60. The molecule has 0 aromatic rings. The van der Waals surface area contributed by atoms with Gasteiger partial charge in [-0.1, -0.05) is 90.0 Å². The predicted molar refractivity (Wildman–Crippen MR) is 118 cm³/mol. The fraction of sp³-hybridized carbons (Fsp3) is 0.833. The molecule has 1 aliphatic rings. The largest absolute Gasteiger partial charge is 0.345 e. The lowest BCUT2D eigenvalue weighted by Gasteiger charge is -2.37. The highest BCUT2D eigenvalue weighted by Crippen LogP contribution is 2.23. The van der Waals surface area contributed by atoms with E-state index in [1.807, 2.05) is 13.1 Å². The first kappa shape index (κ1) is 24.2. The SMILES string of the molecule is CCCCCCCCCCCCCCC/C=C/C1NC=C[N+]1(CC)C(C)O. The van der Waals surface area contributed by atoms with Crippen molar-refractivity contribution >= 4 is 0 Å². The highest BCUT2D eigenvalue weighted by molar-refractivity contribution is 4.97. The van der Waals surface area contributed by atoms with Crippen LogP contribution in [0.5, 0.6) is 0 Å². The van der Waals surface area contributed by atoms with Gasteiger partial charge in [0.1, 0.15) is 6.20 Å². The first-order valence-corrected chi connectivity index (χ1v) is 11.8. The van der Waals surface area contributed by atoms with Crippen LogP contribution in [0.1, 0.15) is 111 Å². The molecule has 2 N–H and O–H groups in total. The highest BCUT2D eigenvalue weighted by Gasteiger charge is 2.39. The number of aliphatic hydroxyl groups excluding tert-OH is 1. The molecule has 27 heavy (non-hydrogen) atoms. The van der Waals surface area contributed by atoms with Gasteiger partial charge in [-0.3, -0.25) is 0 Å². The molecule has 0 fully saturated rings. The lowest BCUT2D eigenvalue weighted by atomic mass is 10.0. The van der Waals surface area contributed by atoms with E-state index >= 15 is 0 Å². The van der Waals surface area contributed by atoms with Crippen LogP contribution in [0, 0.1) is 0 Å². The van der Waals surface area contributed by atoms with Crippen molar-refractivity contribution in [3.05, 3.63) is 24.6 Å². The molecule has 0 saturated carbocycles. The first-order valence-electron chi connectivity index (χ1n) is 11.8. The summed E-state index contributed by atoms with van der Waals surface area (Å²) >= 11 is 0. The molecule has 1 rings (SSSR count). The van der Waals surface area contributed by atoms with E-state index in [4.69, 9.17) is 0 Å². The number of nitrogens with zero attached hydrogens (tertiary/aromatic N) is 1. The third kappa shape index (κ3) is 9.30. The summed E-state index contributed by atoms with van der Waals surface area (Å²) in [7, 11) is 0. The average Bonchev–Trinajstić information content (AvgIpc) is 3.09. The first-order chi connectivity index (χ1) is 13.2. The molecule has 0 aromatic carbocycles. The fourth-order valence-corrected chi connectivity index (χ4v) is 4.16. The van der Waals surface area contributed by atoms with Gasteiger partial charge in [0, 0.05) is 6.92 Å². The Kier molecular flexibility index (Phi) is 13.6. The number of hydrogen-bond acceptors (Lipinski definition) is 2. The Morgan fingerprint density at radius 1 is 0.889 bits per heavy atom. The van der Waals surface area contributed by atoms with Gasteiger partial charge in [0.15, 0.2) is 12.4 Å². The van der Waals surface area contributed by atoms with E-state index in [-0.39, 0.29) is 12.4 Å². The number of likely N-dealkylation sites (N-methyl/N-ethyl adjacent to an activating group) is 1. The number of aliphatic hydroxyl groups is 1. The normalized spacial score (nSPS) is 23.2. The van der Waals surface area contributed by atoms with Crippen molar-refractivity contribution in [2.75, 3.05) is 6.54 Å². The van der Waals surface area contributed by atoms with Gasteiger partial charge in [-0.05, 0) is 25.8 Å². The molecule has 3 heteroatoms. The molecule has 0 aromatic heterocycles. The molecule has 0 radical (unpaired) electrons. The van der Waals surface area contributed by atoms with Gasteiger partial charge in [-0.25, -0.2) is 4.48 Å². The highest BCUT2D eigenvalue weighted by atomic mass is 16.3. The second-order valence-electron chi connectivity index (χ2n) is 8.33. The summed E-state index contributed by atoms with van der Waals surface area (Å²) in [5.74, 6) is 0. The van der Waals surface area contributed by atoms with Gasteiger partial charge in [-0.15, -0.1) is 0 Å². The topological polar surface area (TPSA) is 32.3 Å². The van der Waals surface area contributed by atoms with E-state index < -0.39 is 0 Å². The van der Waals surface area contributed by atoms with Crippen molar-refractivity contribution in [3.8, 4) is 0 Å². The van der Waals surface area contributed by atoms with Crippen molar-refractivity contribution in [2.24, 2.45) is 0 Å². The van der Waals surface area contributed by atoms with E-state index in [0.29, 0.717) is 4.48 Å². The third-order valence-electron chi connectivity index (χ3n) is 6.17. The maximum Gasteiger partial charge on any atom is 0.193 e. The van der Waals surface area contributed by atoms with Gasteiger partial charge >= 0.3 is 0 Å². The molecular formula is C24H47N2O+.